The van der Waals surface area contributed by atoms with Crippen molar-refractivity contribution in [1.82, 2.24) is 5.43 Å². The monoisotopic (exact) mass is 379 g/mol. The van der Waals surface area contributed by atoms with Crippen LogP contribution in [0.15, 0.2) is 54.6 Å². The first-order valence-corrected chi connectivity index (χ1v) is 8.13. The molecule has 0 radical (unpaired) electrons. The summed E-state index contributed by atoms with van der Waals surface area (Å²) in [4.78, 5) is 12.1. The Morgan fingerprint density at radius 2 is 1.54 bits per heavy atom. The predicted octanol–water partition coefficient (Wildman–Crippen LogP) is 5.95. The van der Waals surface area contributed by atoms with Crippen LogP contribution in [0, 0.1) is 0 Å². The Morgan fingerprint density at radius 3 is 2.29 bits per heavy atom. The number of anilines is 2. The van der Waals surface area contributed by atoms with Crippen LogP contribution < -0.4 is 16.2 Å². The van der Waals surface area contributed by atoms with Crippen LogP contribution in [-0.4, -0.2) is 6.03 Å². The largest absolute Gasteiger partial charge is 0.337 e. The maximum absolute atomic E-state index is 12.1. The summed E-state index contributed by atoms with van der Waals surface area (Å²) in [7, 11) is 0. The molecular weight excluding hydrogens is 369 g/mol. The Morgan fingerprint density at radius 1 is 0.875 bits per heavy atom. The summed E-state index contributed by atoms with van der Waals surface area (Å²) in [5.41, 5.74) is 6.26. The SMILES string of the molecule is O=C(NNc1c(Cl)cc(Cl)cc1Cl)Nc1cccc2ccccc12. The van der Waals surface area contributed by atoms with Gasteiger partial charge in [0.15, 0.2) is 0 Å². The van der Waals surface area contributed by atoms with Crippen molar-refractivity contribution >= 4 is 63.0 Å². The van der Waals surface area contributed by atoms with Gasteiger partial charge in [-0.2, -0.15) is 0 Å². The zero-order chi connectivity index (χ0) is 17.1. The summed E-state index contributed by atoms with van der Waals surface area (Å²) in [5.74, 6) is 0. The summed E-state index contributed by atoms with van der Waals surface area (Å²) in [5, 5.41) is 5.78. The van der Waals surface area contributed by atoms with E-state index in [9.17, 15) is 4.79 Å². The molecule has 0 atom stereocenters. The fourth-order valence-corrected chi connectivity index (χ4v) is 3.18. The molecule has 0 saturated carbocycles. The molecule has 0 spiro atoms. The van der Waals surface area contributed by atoms with Crippen LogP contribution in [0.3, 0.4) is 0 Å². The molecule has 0 fully saturated rings. The van der Waals surface area contributed by atoms with Crippen molar-refractivity contribution in [3.8, 4) is 0 Å². The minimum absolute atomic E-state index is 0.304. The van der Waals surface area contributed by atoms with E-state index in [1.807, 2.05) is 42.5 Å². The van der Waals surface area contributed by atoms with Gasteiger partial charge in [0.25, 0.3) is 0 Å². The third kappa shape index (κ3) is 3.67. The lowest BCUT2D eigenvalue weighted by atomic mass is 10.1. The Labute approximate surface area is 153 Å². The third-order valence-electron chi connectivity index (χ3n) is 3.35. The molecule has 7 heteroatoms. The second-order valence-electron chi connectivity index (χ2n) is 4.98. The van der Waals surface area contributed by atoms with Crippen LogP contribution in [0.1, 0.15) is 0 Å². The smallest absolute Gasteiger partial charge is 0.306 e. The molecule has 3 aromatic carbocycles. The number of benzene rings is 3. The van der Waals surface area contributed by atoms with Gasteiger partial charge in [-0.05, 0) is 23.6 Å². The molecule has 0 bridgehead atoms. The van der Waals surface area contributed by atoms with Crippen molar-refractivity contribution in [1.29, 1.82) is 0 Å². The molecule has 0 unspecified atom stereocenters. The number of hydrazine groups is 1. The zero-order valence-corrected chi connectivity index (χ0v) is 14.5. The average molecular weight is 381 g/mol. The summed E-state index contributed by atoms with van der Waals surface area (Å²) in [6, 6.07) is 16.0. The number of carbonyl (C=O) groups excluding carboxylic acids is 1. The van der Waals surface area contributed by atoms with Crippen molar-refractivity contribution in [2.75, 3.05) is 10.7 Å². The highest BCUT2D eigenvalue weighted by molar-refractivity contribution is 6.41. The molecule has 0 aliphatic carbocycles. The highest BCUT2D eigenvalue weighted by Crippen LogP contribution is 2.33. The second kappa shape index (κ2) is 7.18. The van der Waals surface area contributed by atoms with E-state index in [-0.39, 0.29) is 0 Å². The molecule has 0 aromatic heterocycles. The van der Waals surface area contributed by atoms with Gasteiger partial charge in [0.2, 0.25) is 0 Å². The van der Waals surface area contributed by atoms with Crippen LogP contribution in [0.4, 0.5) is 16.2 Å². The number of halogens is 3. The lowest BCUT2D eigenvalue weighted by Gasteiger charge is -2.13. The van der Waals surface area contributed by atoms with Gasteiger partial charge in [-0.1, -0.05) is 71.2 Å². The maximum atomic E-state index is 12.1. The Bertz CT molecular complexity index is 886. The van der Waals surface area contributed by atoms with E-state index in [2.05, 4.69) is 16.2 Å². The van der Waals surface area contributed by atoms with Gasteiger partial charge in [0.1, 0.15) is 0 Å². The number of nitrogens with one attached hydrogen (secondary N) is 3. The molecule has 0 aliphatic heterocycles. The number of rotatable bonds is 3. The first-order valence-electron chi connectivity index (χ1n) is 7.00. The molecule has 122 valence electrons. The number of amides is 2. The fourth-order valence-electron chi connectivity index (χ4n) is 2.27. The molecule has 2 amide bonds. The predicted molar refractivity (Wildman–Crippen MR) is 101 cm³/mol. The second-order valence-corrected chi connectivity index (χ2v) is 6.23. The molecule has 3 rings (SSSR count). The van der Waals surface area contributed by atoms with Crippen molar-refractivity contribution in [3.63, 3.8) is 0 Å². The van der Waals surface area contributed by atoms with Gasteiger partial charge in [-0.15, -0.1) is 0 Å². The van der Waals surface area contributed by atoms with Crippen molar-refractivity contribution in [2.45, 2.75) is 0 Å². The first-order chi connectivity index (χ1) is 11.5. The van der Waals surface area contributed by atoms with E-state index < -0.39 is 6.03 Å². The van der Waals surface area contributed by atoms with Gasteiger partial charge in [0, 0.05) is 10.4 Å². The number of hydrogen-bond donors (Lipinski definition) is 3. The number of carbonyl (C=O) groups is 1. The molecule has 3 N–H and O–H groups in total. The molecule has 0 aliphatic rings. The topological polar surface area (TPSA) is 53.2 Å². The molecule has 24 heavy (non-hydrogen) atoms. The maximum Gasteiger partial charge on any atom is 0.337 e. The Balaban J connectivity index is 1.72. The first kappa shape index (κ1) is 16.7. The van der Waals surface area contributed by atoms with Gasteiger partial charge in [-0.25, -0.2) is 4.79 Å². The van der Waals surface area contributed by atoms with E-state index in [0.29, 0.717) is 26.4 Å². The highest BCUT2D eigenvalue weighted by Gasteiger charge is 2.10. The summed E-state index contributed by atoms with van der Waals surface area (Å²) < 4.78 is 0. The highest BCUT2D eigenvalue weighted by atomic mass is 35.5. The van der Waals surface area contributed by atoms with Crippen molar-refractivity contribution < 1.29 is 4.79 Å². The van der Waals surface area contributed by atoms with Crippen LogP contribution in [0.5, 0.6) is 0 Å². The third-order valence-corrected chi connectivity index (χ3v) is 4.16. The quantitative estimate of drug-likeness (QED) is 0.492. The summed E-state index contributed by atoms with van der Waals surface area (Å²) in [6.45, 7) is 0. The van der Waals surface area contributed by atoms with Gasteiger partial charge < -0.3 is 5.32 Å². The molecule has 0 saturated heterocycles. The Hall–Kier alpha value is -2.14. The lowest BCUT2D eigenvalue weighted by Crippen LogP contribution is -2.33. The minimum atomic E-state index is -0.451. The minimum Gasteiger partial charge on any atom is -0.306 e. The van der Waals surface area contributed by atoms with E-state index in [1.165, 1.54) is 12.1 Å². The molecule has 3 aromatic rings. The number of urea groups is 1. The van der Waals surface area contributed by atoms with Crippen LogP contribution in [0.25, 0.3) is 10.8 Å². The lowest BCUT2D eigenvalue weighted by molar-refractivity contribution is 0.254. The van der Waals surface area contributed by atoms with E-state index in [1.54, 1.807) is 0 Å². The summed E-state index contributed by atoms with van der Waals surface area (Å²) >= 11 is 18.0. The van der Waals surface area contributed by atoms with Crippen molar-refractivity contribution in [3.05, 3.63) is 69.7 Å². The molecule has 0 heterocycles. The van der Waals surface area contributed by atoms with Gasteiger partial charge in [-0.3, -0.25) is 10.9 Å². The number of hydrogen-bond acceptors (Lipinski definition) is 2. The summed E-state index contributed by atoms with van der Waals surface area (Å²) in [6.07, 6.45) is 0. The van der Waals surface area contributed by atoms with Crippen LogP contribution >= 0.6 is 34.8 Å². The van der Waals surface area contributed by atoms with Gasteiger partial charge in [0.05, 0.1) is 21.4 Å². The zero-order valence-electron chi connectivity index (χ0n) is 12.2. The van der Waals surface area contributed by atoms with E-state index in [0.717, 1.165) is 10.8 Å². The van der Waals surface area contributed by atoms with E-state index >= 15 is 0 Å². The van der Waals surface area contributed by atoms with Crippen LogP contribution in [0.2, 0.25) is 15.1 Å². The van der Waals surface area contributed by atoms with Crippen LogP contribution in [-0.2, 0) is 0 Å². The average Bonchev–Trinajstić information content (AvgIpc) is 2.54. The number of fused-ring (bicyclic) bond motifs is 1. The normalized spacial score (nSPS) is 10.5. The van der Waals surface area contributed by atoms with Gasteiger partial charge >= 0.3 is 6.03 Å². The standard InChI is InChI=1S/C17H12Cl3N3O/c18-11-8-13(19)16(14(20)9-11)22-23-17(24)21-15-7-3-5-10-4-1-2-6-12(10)15/h1-9,22H,(H2,21,23,24). The van der Waals surface area contributed by atoms with E-state index in [4.69, 9.17) is 34.8 Å². The van der Waals surface area contributed by atoms with Crippen molar-refractivity contribution in [2.24, 2.45) is 0 Å². The fraction of sp³-hybridized carbons (Fsp3) is 0. The molecular formula is C17H12Cl3N3O. The molecule has 4 nitrogen and oxygen atoms in total. The Kier molecular flexibility index (Phi) is 5.00.